The highest BCUT2D eigenvalue weighted by atomic mass is 32.2. The van der Waals surface area contributed by atoms with Crippen LogP contribution in [0, 0.1) is 0 Å². The number of hydrogen-bond donors (Lipinski definition) is 4. The lowest BCUT2D eigenvalue weighted by molar-refractivity contribution is -0.307. The molecule has 0 unspecified atom stereocenters. The Balaban J connectivity index is 0.00000272. The van der Waals surface area contributed by atoms with Gasteiger partial charge in [0.15, 0.2) is 5.75 Å². The van der Waals surface area contributed by atoms with E-state index in [0.29, 0.717) is 5.69 Å². The zero-order chi connectivity index (χ0) is 23.0. The molecule has 0 aliphatic carbocycles. The molecule has 13 nitrogen and oxygen atoms in total. The first-order valence-electron chi connectivity index (χ1n) is 8.44. The topological polar surface area (TPSA) is 267 Å². The van der Waals surface area contributed by atoms with Gasteiger partial charge >= 0.3 is 0 Å². The molecule has 0 atom stereocenters. The summed E-state index contributed by atoms with van der Waals surface area (Å²) < 4.78 is 46.3. The third-order valence-corrected chi connectivity index (χ3v) is 5.81. The zero-order valence-corrected chi connectivity index (χ0v) is 19.4. The van der Waals surface area contributed by atoms with Crippen molar-refractivity contribution in [3.63, 3.8) is 0 Å². The van der Waals surface area contributed by atoms with Crippen LogP contribution in [-0.2, 0) is 19.5 Å². The maximum atomic E-state index is 11.7. The molecule has 0 aromatic heterocycles. The number of carbonyl (C=O) groups excluding carboxylic acids is 1. The Morgan fingerprint density at radius 2 is 1.73 bits per heavy atom. The molecule has 0 aliphatic rings. The Kier molecular flexibility index (Phi) is 8.55. The van der Waals surface area contributed by atoms with Crippen molar-refractivity contribution in [2.24, 2.45) is 10.2 Å². The van der Waals surface area contributed by atoms with E-state index in [1.165, 1.54) is 37.3 Å². The number of phenolic OH excluding ortho intramolecular Hbond substituents is 1. The molecule has 0 spiro atoms. The summed E-state index contributed by atoms with van der Waals surface area (Å²) >= 11 is 0. The van der Waals surface area contributed by atoms with Crippen LogP contribution in [0.15, 0.2) is 63.7 Å². The van der Waals surface area contributed by atoms with Crippen LogP contribution in [0.5, 0.6) is 5.75 Å². The molecule has 178 valence electrons. The van der Waals surface area contributed by atoms with Gasteiger partial charge in [-0.2, -0.15) is 5.11 Å². The molecular weight excluding hydrogens is 477 g/mol. The van der Waals surface area contributed by atoms with Gasteiger partial charge in [0.1, 0.15) is 15.8 Å². The Bertz CT molecular complexity index is 1390. The van der Waals surface area contributed by atoms with E-state index in [9.17, 15) is 37.2 Å². The lowest BCUT2D eigenvalue weighted by Crippen LogP contribution is -2.24. The Hall–Kier alpha value is -3.23. The molecule has 0 heterocycles. The average molecular weight is 498 g/mol. The van der Waals surface area contributed by atoms with Gasteiger partial charge in [0.25, 0.3) is 0 Å². The van der Waals surface area contributed by atoms with Crippen LogP contribution in [-0.4, -0.2) is 24.0 Å². The molecule has 0 bridgehead atoms. The number of rotatable bonds is 5. The molecule has 3 rings (SSSR count). The van der Waals surface area contributed by atoms with Gasteiger partial charge in [0.2, 0.25) is 5.91 Å². The minimum Gasteiger partial charge on any atom is -0.807 e. The molecule has 10 N–H and O–H groups in total. The van der Waals surface area contributed by atoms with E-state index in [1.807, 2.05) is 0 Å². The number of carbonyl (C=O) groups is 1. The molecule has 0 aliphatic heterocycles. The van der Waals surface area contributed by atoms with Crippen molar-refractivity contribution in [1.82, 2.24) is 12.3 Å². The van der Waals surface area contributed by atoms with Crippen LogP contribution in [0.3, 0.4) is 0 Å². The largest absolute Gasteiger partial charge is 0.807 e. The normalized spacial score (nSPS) is 11.6. The Morgan fingerprint density at radius 1 is 1.06 bits per heavy atom. The number of hydrogen-bond acceptors (Lipinski definition) is 10. The molecule has 0 radical (unpaired) electrons. The molecule has 3 aromatic carbocycles. The first-order valence-corrected chi connectivity index (χ1v) is 11.4. The first kappa shape index (κ1) is 27.8. The number of nitrogens with zero attached hydrogens (tertiary/aromatic N) is 2. The first-order chi connectivity index (χ1) is 14.4. The molecule has 33 heavy (non-hydrogen) atoms. The van der Waals surface area contributed by atoms with Crippen molar-refractivity contribution in [1.29, 1.82) is 0 Å². The van der Waals surface area contributed by atoms with Crippen LogP contribution >= 0.6 is 7.60 Å². The predicted octanol–water partition coefficient (Wildman–Crippen LogP) is 2.11. The highest BCUT2D eigenvalue weighted by Gasteiger charge is 2.18. The van der Waals surface area contributed by atoms with E-state index in [4.69, 9.17) is 0 Å². The Labute approximate surface area is 188 Å². The summed E-state index contributed by atoms with van der Waals surface area (Å²) in [5, 5.41) is 20.1. The average Bonchev–Trinajstić information content (AvgIpc) is 2.66. The fourth-order valence-corrected chi connectivity index (χ4v) is 3.95. The summed E-state index contributed by atoms with van der Waals surface area (Å²) in [7, 11) is -10.2. The monoisotopic (exact) mass is 498 g/mol. The summed E-state index contributed by atoms with van der Waals surface area (Å²) in [6.45, 7) is 1.27. The van der Waals surface area contributed by atoms with E-state index in [-0.39, 0.29) is 34.7 Å². The number of quaternary nitrogens is 2. The number of nitrogens with one attached hydrogen (secondary N) is 1. The molecule has 15 heteroatoms. The van der Waals surface area contributed by atoms with Gasteiger partial charge in [-0.05, 0) is 48.6 Å². The van der Waals surface area contributed by atoms with Crippen molar-refractivity contribution in [3.8, 4) is 5.75 Å². The van der Waals surface area contributed by atoms with Crippen molar-refractivity contribution < 1.29 is 37.2 Å². The van der Waals surface area contributed by atoms with Crippen LogP contribution in [0.25, 0.3) is 10.8 Å². The van der Waals surface area contributed by atoms with Gasteiger partial charge in [0, 0.05) is 18.0 Å². The standard InChI is InChI=1S/C18H16N3O8PS.2H3N/c1-10(22)19-12-6-5-11-7-16(31(27,28)29)17(18(23)15(11)9-12)21-20-13-3-2-4-14(8-13)30(24,25)26;;/h2-9,23H,1H3,(H,19,22)(H2,24,25,26)(H,27,28,29);2*1H3/p-1. The number of amides is 1. The van der Waals surface area contributed by atoms with Gasteiger partial charge in [-0.1, -0.05) is 18.2 Å². The number of azo groups is 1. The number of benzene rings is 3. The summed E-state index contributed by atoms with van der Waals surface area (Å²) in [5.74, 6) is -1.08. The fourth-order valence-electron chi connectivity index (χ4n) is 2.74. The maximum Gasteiger partial charge on any atom is 0.221 e. The van der Waals surface area contributed by atoms with Crippen LogP contribution in [0.1, 0.15) is 6.92 Å². The molecule has 3 aromatic rings. The lowest BCUT2D eigenvalue weighted by Gasteiger charge is -2.29. The predicted molar refractivity (Wildman–Crippen MR) is 118 cm³/mol. The van der Waals surface area contributed by atoms with Gasteiger partial charge in [-0.25, -0.2) is 8.42 Å². The minimum atomic E-state index is -5.09. The van der Waals surface area contributed by atoms with Crippen LogP contribution < -0.4 is 32.7 Å². The van der Waals surface area contributed by atoms with Crippen LogP contribution in [0.2, 0.25) is 0 Å². The second-order valence-corrected chi connectivity index (χ2v) is 9.22. The zero-order valence-electron chi connectivity index (χ0n) is 17.7. The minimum absolute atomic E-state index is 0. The summed E-state index contributed by atoms with van der Waals surface area (Å²) in [6, 6.07) is 9.62. The second-order valence-electron chi connectivity index (χ2n) is 6.36. The molecular formula is C18H21N5O8PS-. The second kappa shape index (κ2) is 10.1. The highest BCUT2D eigenvalue weighted by Crippen LogP contribution is 2.42. The van der Waals surface area contributed by atoms with Gasteiger partial charge in [-0.3, -0.25) is 4.79 Å². The SMILES string of the molecule is CC(=O)Nc1ccc2cc(S(=O)(=O)[O-])c(N=Nc3cccc(P(=O)([O-])[O-])c3)c(O)c2c1.[NH4+].[NH4+]. The lowest BCUT2D eigenvalue weighted by atomic mass is 10.1. The Morgan fingerprint density at radius 3 is 2.30 bits per heavy atom. The van der Waals surface area contributed by atoms with E-state index in [0.717, 1.165) is 18.2 Å². The quantitative estimate of drug-likeness (QED) is 0.229. The van der Waals surface area contributed by atoms with Gasteiger partial charge in [-0.15, -0.1) is 5.11 Å². The summed E-state index contributed by atoms with van der Waals surface area (Å²) in [5.41, 5.74) is -0.518. The molecule has 0 saturated carbocycles. The van der Waals surface area contributed by atoms with Crippen molar-refractivity contribution in [3.05, 3.63) is 48.5 Å². The summed E-state index contributed by atoms with van der Waals surface area (Å²) in [4.78, 5) is 32.7. The van der Waals surface area contributed by atoms with E-state index < -0.39 is 39.4 Å². The third-order valence-electron chi connectivity index (χ3n) is 4.05. The maximum absolute atomic E-state index is 11.7. The fraction of sp³-hybridized carbons (Fsp3) is 0.0556. The van der Waals surface area contributed by atoms with Crippen LogP contribution in [0.4, 0.5) is 17.1 Å². The van der Waals surface area contributed by atoms with E-state index in [2.05, 4.69) is 15.5 Å². The number of anilines is 1. The van der Waals surface area contributed by atoms with Crippen molar-refractivity contribution in [2.75, 3.05) is 5.32 Å². The molecule has 0 saturated heterocycles. The number of aromatic hydroxyl groups is 1. The number of phenols is 1. The summed E-state index contributed by atoms with van der Waals surface area (Å²) in [6.07, 6.45) is 0. The number of fused-ring (bicyclic) bond motifs is 1. The highest BCUT2D eigenvalue weighted by molar-refractivity contribution is 7.86. The smallest absolute Gasteiger partial charge is 0.221 e. The van der Waals surface area contributed by atoms with E-state index in [1.54, 1.807) is 0 Å². The van der Waals surface area contributed by atoms with Gasteiger partial charge < -0.3 is 41.6 Å². The van der Waals surface area contributed by atoms with Crippen molar-refractivity contribution in [2.45, 2.75) is 11.8 Å². The molecule has 1 amide bonds. The van der Waals surface area contributed by atoms with Gasteiger partial charge in [0.05, 0.1) is 10.6 Å². The van der Waals surface area contributed by atoms with E-state index >= 15 is 0 Å². The third kappa shape index (κ3) is 6.40. The van der Waals surface area contributed by atoms with Crippen molar-refractivity contribution >= 4 is 56.8 Å². The molecule has 0 fully saturated rings.